The van der Waals surface area contributed by atoms with Gasteiger partial charge in [-0.3, -0.25) is 4.79 Å². The molecule has 0 radical (unpaired) electrons. The molecule has 0 aliphatic rings. The van der Waals surface area contributed by atoms with Crippen LogP contribution in [0, 0.1) is 13.8 Å². The van der Waals surface area contributed by atoms with E-state index in [1.165, 1.54) is 23.0 Å². The first-order chi connectivity index (χ1) is 13.7. The van der Waals surface area contributed by atoms with Gasteiger partial charge in [0.2, 0.25) is 0 Å². The van der Waals surface area contributed by atoms with Crippen molar-refractivity contribution in [2.24, 2.45) is 7.05 Å². The van der Waals surface area contributed by atoms with Gasteiger partial charge >= 0.3 is 0 Å². The maximum absolute atomic E-state index is 13.6. The molecule has 0 fully saturated rings. The second-order valence-electron chi connectivity index (χ2n) is 6.81. The first-order valence-corrected chi connectivity index (χ1v) is 11.0. The Kier molecular flexibility index (Phi) is 4.66. The Balaban J connectivity index is 2.17. The molecule has 4 rings (SSSR count). The quantitative estimate of drug-likeness (QED) is 0.455. The number of halogens is 1. The SMILES string of the molecule is Cc1ccc(S(=O)(=O)n2c(-c3cc(C)ncn3)cc3c(Br)cn(C)c(=O)c32)cc1. The molecule has 0 bridgehead atoms. The Bertz CT molecular complexity index is 1420. The van der Waals surface area contributed by atoms with Crippen LogP contribution in [0.3, 0.4) is 0 Å². The number of hydrogen-bond donors (Lipinski definition) is 0. The zero-order valence-electron chi connectivity index (χ0n) is 15.9. The number of nitrogens with zero attached hydrogens (tertiary/aromatic N) is 4. The van der Waals surface area contributed by atoms with Gasteiger partial charge in [0.25, 0.3) is 15.6 Å². The van der Waals surface area contributed by atoms with Gasteiger partial charge in [-0.05, 0) is 54.0 Å². The highest BCUT2D eigenvalue weighted by Gasteiger charge is 2.27. The Morgan fingerprint density at radius 1 is 1.03 bits per heavy atom. The minimum absolute atomic E-state index is 0.0636. The normalized spacial score (nSPS) is 11.9. The monoisotopic (exact) mass is 472 g/mol. The predicted octanol–water partition coefficient (Wildman–Crippen LogP) is 3.41. The van der Waals surface area contributed by atoms with Crippen molar-refractivity contribution in [1.29, 1.82) is 0 Å². The Morgan fingerprint density at radius 2 is 1.72 bits per heavy atom. The molecule has 0 aliphatic carbocycles. The molecule has 9 heteroatoms. The van der Waals surface area contributed by atoms with Crippen molar-refractivity contribution >= 4 is 36.9 Å². The fraction of sp³-hybridized carbons (Fsp3) is 0.150. The summed E-state index contributed by atoms with van der Waals surface area (Å²) >= 11 is 3.45. The second kappa shape index (κ2) is 6.93. The van der Waals surface area contributed by atoms with Crippen LogP contribution in [0.15, 0.2) is 63.1 Å². The van der Waals surface area contributed by atoms with Crippen molar-refractivity contribution in [2.45, 2.75) is 18.7 Å². The number of aromatic nitrogens is 4. The minimum atomic E-state index is -4.06. The molecule has 0 spiro atoms. The van der Waals surface area contributed by atoms with E-state index < -0.39 is 15.6 Å². The van der Waals surface area contributed by atoms with Crippen LogP contribution in [-0.2, 0) is 17.1 Å². The van der Waals surface area contributed by atoms with Crippen LogP contribution in [0.1, 0.15) is 11.3 Å². The Labute approximate surface area is 175 Å². The average Bonchev–Trinajstić information content (AvgIpc) is 3.09. The summed E-state index contributed by atoms with van der Waals surface area (Å²) in [6, 6.07) is 9.87. The molecule has 0 unspecified atom stereocenters. The van der Waals surface area contributed by atoms with E-state index in [0.717, 1.165) is 9.54 Å². The standard InChI is InChI=1S/C20H17BrN4O3S/c1-12-4-6-14(7-5-12)29(27,28)25-18(17-8-13(2)22-11-23-17)9-15-16(21)10-24(3)20(26)19(15)25/h4-11H,1-3H3. The predicted molar refractivity (Wildman–Crippen MR) is 114 cm³/mol. The molecule has 0 aliphatic heterocycles. The molecular formula is C20H17BrN4O3S. The molecule has 7 nitrogen and oxygen atoms in total. The summed E-state index contributed by atoms with van der Waals surface area (Å²) in [5.41, 5.74) is 1.98. The third kappa shape index (κ3) is 3.20. The number of fused-ring (bicyclic) bond motifs is 1. The molecule has 0 saturated heterocycles. The van der Waals surface area contributed by atoms with Crippen LogP contribution in [0.2, 0.25) is 0 Å². The topological polar surface area (TPSA) is 86.8 Å². The van der Waals surface area contributed by atoms with Crippen molar-refractivity contribution in [3.63, 3.8) is 0 Å². The summed E-state index contributed by atoms with van der Waals surface area (Å²) in [5, 5.41) is 0.495. The summed E-state index contributed by atoms with van der Waals surface area (Å²) in [5.74, 6) is 0. The molecule has 1 aromatic carbocycles. The lowest BCUT2D eigenvalue weighted by Crippen LogP contribution is -2.23. The van der Waals surface area contributed by atoms with Gasteiger partial charge in [-0.2, -0.15) is 0 Å². The van der Waals surface area contributed by atoms with Crippen molar-refractivity contribution in [3.05, 3.63) is 75.0 Å². The van der Waals surface area contributed by atoms with E-state index in [1.54, 1.807) is 44.4 Å². The van der Waals surface area contributed by atoms with E-state index in [9.17, 15) is 13.2 Å². The molecule has 0 atom stereocenters. The van der Waals surface area contributed by atoms with E-state index in [4.69, 9.17) is 0 Å². The van der Waals surface area contributed by atoms with Gasteiger partial charge in [0, 0.05) is 28.8 Å². The van der Waals surface area contributed by atoms with Crippen LogP contribution in [0.4, 0.5) is 0 Å². The van der Waals surface area contributed by atoms with Crippen LogP contribution >= 0.6 is 15.9 Å². The van der Waals surface area contributed by atoms with Crippen LogP contribution in [0.25, 0.3) is 22.3 Å². The van der Waals surface area contributed by atoms with Gasteiger partial charge in [-0.15, -0.1) is 0 Å². The molecule has 3 aromatic heterocycles. The molecule has 0 saturated carbocycles. The van der Waals surface area contributed by atoms with E-state index in [0.29, 0.717) is 26.9 Å². The van der Waals surface area contributed by atoms with Gasteiger partial charge < -0.3 is 4.57 Å². The lowest BCUT2D eigenvalue weighted by molar-refractivity contribution is 0.589. The van der Waals surface area contributed by atoms with Crippen LogP contribution in [-0.4, -0.2) is 26.9 Å². The van der Waals surface area contributed by atoms with E-state index >= 15 is 0 Å². The summed E-state index contributed by atoms with van der Waals surface area (Å²) in [6.07, 6.45) is 2.99. The molecule has 4 aromatic rings. The Morgan fingerprint density at radius 3 is 2.38 bits per heavy atom. The van der Waals surface area contributed by atoms with Crippen molar-refractivity contribution in [2.75, 3.05) is 0 Å². The maximum Gasteiger partial charge on any atom is 0.275 e. The lowest BCUT2D eigenvalue weighted by atomic mass is 10.2. The smallest absolute Gasteiger partial charge is 0.275 e. The summed E-state index contributed by atoms with van der Waals surface area (Å²) in [6.45, 7) is 3.67. The van der Waals surface area contributed by atoms with Crippen LogP contribution in [0.5, 0.6) is 0 Å². The molecule has 0 amide bonds. The van der Waals surface area contributed by atoms with Gasteiger partial charge in [0.15, 0.2) is 0 Å². The third-order valence-corrected chi connectivity index (χ3v) is 7.03. The fourth-order valence-corrected chi connectivity index (χ4v) is 5.30. The number of aryl methyl sites for hydroxylation is 3. The second-order valence-corrected chi connectivity index (χ2v) is 9.45. The van der Waals surface area contributed by atoms with E-state index in [1.807, 2.05) is 6.92 Å². The lowest BCUT2D eigenvalue weighted by Gasteiger charge is -2.12. The van der Waals surface area contributed by atoms with E-state index in [-0.39, 0.29) is 10.4 Å². The molecular weight excluding hydrogens is 456 g/mol. The first-order valence-electron chi connectivity index (χ1n) is 8.72. The largest absolute Gasteiger partial charge is 0.316 e. The highest BCUT2D eigenvalue weighted by atomic mass is 79.9. The van der Waals surface area contributed by atoms with Gasteiger partial charge in [-0.1, -0.05) is 17.7 Å². The number of hydrogen-bond acceptors (Lipinski definition) is 5. The molecule has 29 heavy (non-hydrogen) atoms. The molecule has 148 valence electrons. The minimum Gasteiger partial charge on any atom is -0.316 e. The first kappa shape index (κ1) is 19.5. The Hall–Kier alpha value is -2.78. The zero-order chi connectivity index (χ0) is 20.9. The number of benzene rings is 1. The number of pyridine rings is 1. The van der Waals surface area contributed by atoms with Crippen molar-refractivity contribution < 1.29 is 8.42 Å². The summed E-state index contributed by atoms with van der Waals surface area (Å²) in [7, 11) is -2.48. The third-order valence-electron chi connectivity index (χ3n) is 4.67. The van der Waals surface area contributed by atoms with Crippen molar-refractivity contribution in [3.8, 4) is 11.4 Å². The van der Waals surface area contributed by atoms with Crippen LogP contribution < -0.4 is 5.56 Å². The summed E-state index contributed by atoms with van der Waals surface area (Å²) in [4.78, 5) is 21.4. The highest BCUT2D eigenvalue weighted by Crippen LogP contribution is 2.33. The van der Waals surface area contributed by atoms with Gasteiger partial charge in [0.1, 0.15) is 11.8 Å². The van der Waals surface area contributed by atoms with Crippen molar-refractivity contribution in [1.82, 2.24) is 18.5 Å². The summed E-state index contributed by atoms with van der Waals surface area (Å²) < 4.78 is 30.3. The average molecular weight is 473 g/mol. The highest BCUT2D eigenvalue weighted by molar-refractivity contribution is 9.10. The maximum atomic E-state index is 13.6. The molecule has 0 N–H and O–H groups in total. The molecule has 3 heterocycles. The number of rotatable bonds is 3. The zero-order valence-corrected chi connectivity index (χ0v) is 18.3. The van der Waals surface area contributed by atoms with Gasteiger partial charge in [-0.25, -0.2) is 22.4 Å². The van der Waals surface area contributed by atoms with E-state index in [2.05, 4.69) is 25.9 Å². The van der Waals surface area contributed by atoms with Gasteiger partial charge in [0.05, 0.1) is 16.3 Å². The fourth-order valence-electron chi connectivity index (χ4n) is 3.18.